The number of pyridine rings is 1. The van der Waals surface area contributed by atoms with Gasteiger partial charge in [0.2, 0.25) is 0 Å². The Morgan fingerprint density at radius 1 is 1.50 bits per heavy atom. The third-order valence-electron chi connectivity index (χ3n) is 1.61. The van der Waals surface area contributed by atoms with Crippen LogP contribution < -0.4 is 0 Å². The van der Waals surface area contributed by atoms with Crippen molar-refractivity contribution in [1.29, 1.82) is 0 Å². The van der Waals surface area contributed by atoms with Crippen LogP contribution in [0.1, 0.15) is 12.1 Å². The summed E-state index contributed by atoms with van der Waals surface area (Å²) >= 11 is 1.06. The first-order valence-electron chi connectivity index (χ1n) is 4.27. The molecule has 0 saturated heterocycles. The van der Waals surface area contributed by atoms with Crippen molar-refractivity contribution < 1.29 is 23.1 Å². The number of alkyl halides is 3. The van der Waals surface area contributed by atoms with Gasteiger partial charge in [-0.1, -0.05) is 0 Å². The molecule has 1 heterocycles. The Balaban J connectivity index is 2.64. The monoisotopic (exact) mass is 251 g/mol. The largest absolute Gasteiger partial charge is 0.481 e. The van der Waals surface area contributed by atoms with Crippen molar-refractivity contribution in [2.24, 2.45) is 0 Å². The molecule has 88 valence electrons. The van der Waals surface area contributed by atoms with Crippen molar-refractivity contribution in [3.8, 4) is 0 Å². The molecule has 0 saturated carbocycles. The molecule has 0 spiro atoms. The summed E-state index contributed by atoms with van der Waals surface area (Å²) in [4.78, 5) is 13.8. The number of halogens is 3. The fourth-order valence-electron chi connectivity index (χ4n) is 0.912. The van der Waals surface area contributed by atoms with E-state index in [1.807, 2.05) is 0 Å². The lowest BCUT2D eigenvalue weighted by molar-refractivity contribution is -0.141. The molecule has 1 rings (SSSR count). The Bertz CT molecular complexity index is 381. The van der Waals surface area contributed by atoms with E-state index in [0.29, 0.717) is 4.90 Å². The van der Waals surface area contributed by atoms with Gasteiger partial charge in [-0.25, -0.2) is 0 Å². The predicted molar refractivity (Wildman–Crippen MR) is 52.2 cm³/mol. The summed E-state index contributed by atoms with van der Waals surface area (Å²) in [5, 5.41) is 8.37. The Morgan fingerprint density at radius 2 is 2.19 bits per heavy atom. The van der Waals surface area contributed by atoms with Crippen LogP contribution in [0.4, 0.5) is 13.2 Å². The summed E-state index contributed by atoms with van der Waals surface area (Å²) in [6.07, 6.45) is -3.50. The summed E-state index contributed by atoms with van der Waals surface area (Å²) in [5.41, 5.74) is -0.965. The lowest BCUT2D eigenvalue weighted by Crippen LogP contribution is -2.07. The third kappa shape index (κ3) is 4.09. The number of nitrogens with zero attached hydrogens (tertiary/aromatic N) is 1. The summed E-state index contributed by atoms with van der Waals surface area (Å²) < 4.78 is 36.8. The van der Waals surface area contributed by atoms with Crippen LogP contribution in [-0.4, -0.2) is 21.8 Å². The summed E-state index contributed by atoms with van der Waals surface area (Å²) in [6, 6.07) is 2.33. The van der Waals surface area contributed by atoms with Gasteiger partial charge in [0.15, 0.2) is 0 Å². The molecule has 1 aromatic heterocycles. The highest BCUT2D eigenvalue weighted by Gasteiger charge is 2.32. The lowest BCUT2D eigenvalue weighted by Gasteiger charge is -2.06. The molecule has 0 radical (unpaired) electrons. The highest BCUT2D eigenvalue weighted by Crippen LogP contribution is 2.30. The Kier molecular flexibility index (Phi) is 4.17. The van der Waals surface area contributed by atoms with Gasteiger partial charge in [-0.05, 0) is 12.1 Å². The number of hydrogen-bond acceptors (Lipinski definition) is 3. The second-order valence-electron chi connectivity index (χ2n) is 2.87. The Labute approximate surface area is 93.7 Å². The van der Waals surface area contributed by atoms with E-state index in [-0.39, 0.29) is 12.2 Å². The van der Waals surface area contributed by atoms with Crippen LogP contribution >= 0.6 is 11.8 Å². The second kappa shape index (κ2) is 5.20. The van der Waals surface area contributed by atoms with Crippen molar-refractivity contribution in [3.05, 3.63) is 24.0 Å². The maximum Gasteiger partial charge on any atom is 0.433 e. The van der Waals surface area contributed by atoms with E-state index in [1.54, 1.807) is 0 Å². The molecule has 1 N–H and O–H groups in total. The van der Waals surface area contributed by atoms with Crippen molar-refractivity contribution in [2.75, 3.05) is 5.75 Å². The molecule has 1 aromatic rings. The molecule has 0 aliphatic carbocycles. The molecule has 7 heteroatoms. The maximum atomic E-state index is 12.3. The highest BCUT2D eigenvalue weighted by molar-refractivity contribution is 7.99. The average Bonchev–Trinajstić information content (AvgIpc) is 2.16. The molecular formula is C9H8F3NO2S. The summed E-state index contributed by atoms with van der Waals surface area (Å²) in [7, 11) is 0. The van der Waals surface area contributed by atoms with Gasteiger partial charge < -0.3 is 5.11 Å². The van der Waals surface area contributed by atoms with E-state index in [1.165, 1.54) is 6.07 Å². The molecule has 0 bridgehead atoms. The molecule has 0 fully saturated rings. The van der Waals surface area contributed by atoms with Crippen LogP contribution in [0.3, 0.4) is 0 Å². The van der Waals surface area contributed by atoms with Crippen LogP contribution in [-0.2, 0) is 11.0 Å². The zero-order valence-electron chi connectivity index (χ0n) is 7.99. The average molecular weight is 251 g/mol. The summed E-state index contributed by atoms with van der Waals surface area (Å²) in [6.45, 7) is 0. The standard InChI is InChI=1S/C9H8F3NO2S/c10-9(11,12)7-5-6(1-3-13-7)16-4-2-8(14)15/h1,3,5H,2,4H2,(H,14,15). The van der Waals surface area contributed by atoms with E-state index in [4.69, 9.17) is 5.11 Å². The SMILES string of the molecule is O=C(O)CCSc1ccnc(C(F)(F)F)c1. The molecule has 0 amide bonds. The zero-order valence-corrected chi connectivity index (χ0v) is 8.81. The van der Waals surface area contributed by atoms with Gasteiger partial charge in [0.25, 0.3) is 0 Å². The van der Waals surface area contributed by atoms with Gasteiger partial charge >= 0.3 is 12.1 Å². The number of hydrogen-bond donors (Lipinski definition) is 1. The lowest BCUT2D eigenvalue weighted by atomic mass is 10.3. The Hall–Kier alpha value is -1.24. The molecule has 0 aliphatic rings. The minimum Gasteiger partial charge on any atom is -0.481 e. The molecular weight excluding hydrogens is 243 g/mol. The van der Waals surface area contributed by atoms with E-state index < -0.39 is 17.8 Å². The van der Waals surface area contributed by atoms with E-state index in [9.17, 15) is 18.0 Å². The van der Waals surface area contributed by atoms with Crippen molar-refractivity contribution in [2.45, 2.75) is 17.5 Å². The minimum absolute atomic E-state index is 0.0889. The molecule has 16 heavy (non-hydrogen) atoms. The number of thioether (sulfide) groups is 1. The number of aromatic nitrogens is 1. The first-order chi connectivity index (χ1) is 7.39. The first-order valence-corrected chi connectivity index (χ1v) is 5.26. The molecule has 0 atom stereocenters. The second-order valence-corrected chi connectivity index (χ2v) is 4.04. The Morgan fingerprint density at radius 3 is 2.75 bits per heavy atom. The van der Waals surface area contributed by atoms with Gasteiger partial charge in [-0.3, -0.25) is 9.78 Å². The predicted octanol–water partition coefficient (Wildman–Crippen LogP) is 2.67. The molecule has 0 aliphatic heterocycles. The van der Waals surface area contributed by atoms with Gasteiger partial charge in [0.1, 0.15) is 5.69 Å². The topological polar surface area (TPSA) is 50.2 Å². The van der Waals surface area contributed by atoms with Crippen molar-refractivity contribution in [3.63, 3.8) is 0 Å². The number of carboxylic acid groups (broad SMARTS) is 1. The third-order valence-corrected chi connectivity index (χ3v) is 2.60. The van der Waals surface area contributed by atoms with Gasteiger partial charge in [-0.15, -0.1) is 11.8 Å². The van der Waals surface area contributed by atoms with Crippen LogP contribution in [0.15, 0.2) is 23.2 Å². The van der Waals surface area contributed by atoms with Crippen molar-refractivity contribution >= 4 is 17.7 Å². The van der Waals surface area contributed by atoms with Crippen LogP contribution in [0.25, 0.3) is 0 Å². The quantitative estimate of drug-likeness (QED) is 0.836. The highest BCUT2D eigenvalue weighted by atomic mass is 32.2. The maximum absolute atomic E-state index is 12.3. The van der Waals surface area contributed by atoms with Crippen molar-refractivity contribution in [1.82, 2.24) is 4.98 Å². The molecule has 0 aromatic carbocycles. The first kappa shape index (κ1) is 12.8. The zero-order chi connectivity index (χ0) is 12.2. The number of carboxylic acids is 1. The van der Waals surface area contributed by atoms with E-state index in [2.05, 4.69) is 4.98 Å². The fourth-order valence-corrected chi connectivity index (χ4v) is 1.78. The van der Waals surface area contributed by atoms with Gasteiger partial charge in [0.05, 0.1) is 6.42 Å². The normalized spacial score (nSPS) is 11.4. The van der Waals surface area contributed by atoms with Gasteiger partial charge in [-0.2, -0.15) is 13.2 Å². The van der Waals surface area contributed by atoms with Crippen LogP contribution in [0, 0.1) is 0 Å². The molecule has 0 unspecified atom stereocenters. The van der Waals surface area contributed by atoms with Crippen LogP contribution in [0.5, 0.6) is 0 Å². The molecule has 3 nitrogen and oxygen atoms in total. The number of carbonyl (C=O) groups is 1. The summed E-state index contributed by atoms with van der Waals surface area (Å²) in [5.74, 6) is -0.742. The van der Waals surface area contributed by atoms with Crippen LogP contribution in [0.2, 0.25) is 0 Å². The fraction of sp³-hybridized carbons (Fsp3) is 0.333. The van der Waals surface area contributed by atoms with E-state index >= 15 is 0 Å². The number of rotatable bonds is 4. The smallest absolute Gasteiger partial charge is 0.433 e. The van der Waals surface area contributed by atoms with E-state index in [0.717, 1.165) is 24.0 Å². The van der Waals surface area contributed by atoms with Gasteiger partial charge in [0, 0.05) is 16.8 Å². The minimum atomic E-state index is -4.47. The number of aliphatic carboxylic acids is 1.